The highest BCUT2D eigenvalue weighted by Crippen LogP contribution is 2.31. The summed E-state index contributed by atoms with van der Waals surface area (Å²) in [6.07, 6.45) is 0. The van der Waals surface area contributed by atoms with E-state index in [0.717, 1.165) is 0 Å². The third-order valence-electron chi connectivity index (χ3n) is 4.07. The number of nitrogens with zero attached hydrogens (tertiary/aromatic N) is 2. The van der Waals surface area contributed by atoms with Crippen molar-refractivity contribution in [3.8, 4) is 5.75 Å². The second-order valence-corrected chi connectivity index (χ2v) is 6.81. The highest BCUT2D eigenvalue weighted by Gasteiger charge is 2.20. The van der Waals surface area contributed by atoms with Crippen LogP contribution in [0, 0.1) is 10.1 Å². The third kappa shape index (κ3) is 5.03. The summed E-state index contributed by atoms with van der Waals surface area (Å²) in [5.74, 6) is -0.0901. The quantitative estimate of drug-likeness (QED) is 0.559. The van der Waals surface area contributed by atoms with Crippen molar-refractivity contribution in [1.29, 1.82) is 0 Å². The number of hydrogen-bond acceptors (Lipinski definition) is 6. The monoisotopic (exact) mass is 425 g/mol. The number of carbonyl (C=O) groups is 1. The molecule has 1 aliphatic rings. The van der Waals surface area contributed by atoms with Crippen molar-refractivity contribution in [2.45, 2.75) is 0 Å². The first-order valence-corrected chi connectivity index (χ1v) is 9.18. The number of halogens is 2. The summed E-state index contributed by atoms with van der Waals surface area (Å²) in [6.45, 7) is 1.88. The Morgan fingerprint density at radius 3 is 2.64 bits per heavy atom. The van der Waals surface area contributed by atoms with Crippen molar-refractivity contribution in [2.24, 2.45) is 0 Å². The Bertz CT molecular complexity index is 888. The van der Waals surface area contributed by atoms with Gasteiger partial charge < -0.3 is 19.7 Å². The van der Waals surface area contributed by atoms with Crippen LogP contribution in [-0.2, 0) is 9.53 Å². The molecule has 1 saturated heterocycles. The first-order valence-electron chi connectivity index (χ1n) is 8.43. The molecule has 8 nitrogen and oxygen atoms in total. The Morgan fingerprint density at radius 2 is 1.96 bits per heavy atom. The number of ether oxygens (including phenoxy) is 2. The van der Waals surface area contributed by atoms with Crippen LogP contribution in [0.15, 0.2) is 36.4 Å². The number of nitro groups is 1. The number of anilines is 2. The van der Waals surface area contributed by atoms with Crippen molar-refractivity contribution in [2.75, 3.05) is 43.1 Å². The largest absolute Gasteiger partial charge is 0.482 e. The zero-order valence-electron chi connectivity index (χ0n) is 14.7. The second kappa shape index (κ2) is 9.09. The van der Waals surface area contributed by atoms with Gasteiger partial charge in [-0.25, -0.2) is 0 Å². The minimum Gasteiger partial charge on any atom is -0.482 e. The molecule has 28 heavy (non-hydrogen) atoms. The minimum atomic E-state index is -0.471. The van der Waals surface area contributed by atoms with Crippen LogP contribution < -0.4 is 15.0 Å². The highest BCUT2D eigenvalue weighted by atomic mass is 35.5. The Kier molecular flexibility index (Phi) is 6.56. The van der Waals surface area contributed by atoms with Gasteiger partial charge in [-0.1, -0.05) is 23.2 Å². The average molecular weight is 426 g/mol. The first kappa shape index (κ1) is 20.2. The molecule has 3 rings (SSSR count). The molecule has 0 radical (unpaired) electrons. The van der Waals surface area contributed by atoms with E-state index in [-0.39, 0.29) is 12.3 Å². The molecule has 2 aromatic carbocycles. The summed E-state index contributed by atoms with van der Waals surface area (Å²) in [4.78, 5) is 24.9. The van der Waals surface area contributed by atoms with E-state index in [0.29, 0.717) is 53.5 Å². The molecule has 0 spiro atoms. The second-order valence-electron chi connectivity index (χ2n) is 5.97. The summed E-state index contributed by atoms with van der Waals surface area (Å²) < 4.78 is 10.8. The number of benzene rings is 2. The van der Waals surface area contributed by atoms with Gasteiger partial charge in [0.1, 0.15) is 5.75 Å². The molecule has 1 aliphatic heterocycles. The van der Waals surface area contributed by atoms with E-state index in [1.165, 1.54) is 24.3 Å². The van der Waals surface area contributed by atoms with Crippen LogP contribution in [0.5, 0.6) is 5.75 Å². The maximum Gasteiger partial charge on any atom is 0.271 e. The summed E-state index contributed by atoms with van der Waals surface area (Å²) in [5.41, 5.74) is 0.974. The predicted octanol–water partition coefficient (Wildman–Crippen LogP) is 3.76. The Morgan fingerprint density at radius 1 is 1.21 bits per heavy atom. The maximum absolute atomic E-state index is 12.3. The molecule has 0 aromatic heterocycles. The molecular weight excluding hydrogens is 409 g/mol. The number of nitro benzene ring substituents is 1. The van der Waals surface area contributed by atoms with Crippen molar-refractivity contribution >= 4 is 46.2 Å². The summed E-state index contributed by atoms with van der Waals surface area (Å²) in [5, 5.41) is 14.6. The molecule has 1 N–H and O–H groups in total. The number of carbonyl (C=O) groups excluding carboxylic acids is 1. The third-order valence-corrected chi connectivity index (χ3v) is 4.60. The van der Waals surface area contributed by atoms with Gasteiger partial charge in [0, 0.05) is 30.2 Å². The van der Waals surface area contributed by atoms with E-state index in [2.05, 4.69) is 5.32 Å². The molecular formula is C18H17Cl2N3O5. The van der Waals surface area contributed by atoms with Crippen LogP contribution in [0.3, 0.4) is 0 Å². The molecule has 1 amide bonds. The fraction of sp³-hybridized carbons (Fsp3) is 0.278. The van der Waals surface area contributed by atoms with E-state index in [1.807, 2.05) is 4.90 Å². The fourth-order valence-corrected chi connectivity index (χ4v) is 3.19. The van der Waals surface area contributed by atoms with Gasteiger partial charge in [0.25, 0.3) is 11.6 Å². The molecule has 1 heterocycles. The van der Waals surface area contributed by atoms with Crippen LogP contribution in [0.1, 0.15) is 0 Å². The van der Waals surface area contributed by atoms with Crippen LogP contribution in [0.4, 0.5) is 17.1 Å². The van der Waals surface area contributed by atoms with Gasteiger partial charge in [0.2, 0.25) is 0 Å². The van der Waals surface area contributed by atoms with E-state index in [9.17, 15) is 14.9 Å². The molecule has 148 valence electrons. The first-order chi connectivity index (χ1) is 13.4. The molecule has 1 fully saturated rings. The lowest BCUT2D eigenvalue weighted by Gasteiger charge is -2.30. The lowest BCUT2D eigenvalue weighted by molar-refractivity contribution is -0.384. The lowest BCUT2D eigenvalue weighted by atomic mass is 10.2. The van der Waals surface area contributed by atoms with Crippen molar-refractivity contribution in [3.63, 3.8) is 0 Å². The van der Waals surface area contributed by atoms with E-state index in [1.54, 1.807) is 12.1 Å². The van der Waals surface area contributed by atoms with E-state index in [4.69, 9.17) is 32.7 Å². The van der Waals surface area contributed by atoms with Crippen molar-refractivity contribution in [3.05, 3.63) is 56.6 Å². The van der Waals surface area contributed by atoms with Crippen molar-refractivity contribution in [1.82, 2.24) is 0 Å². The van der Waals surface area contributed by atoms with E-state index >= 15 is 0 Å². The minimum absolute atomic E-state index is 0.0521. The molecule has 0 atom stereocenters. The number of hydrogen-bond donors (Lipinski definition) is 1. The molecule has 0 unspecified atom stereocenters. The SMILES string of the molecule is O=C(COc1ccc(Cl)cc1Cl)Nc1ccc([N+](=O)[O-])cc1N1CCOCC1. The van der Waals surface area contributed by atoms with Crippen molar-refractivity contribution < 1.29 is 19.2 Å². The Balaban J connectivity index is 1.72. The molecule has 0 bridgehead atoms. The average Bonchev–Trinajstić information content (AvgIpc) is 2.68. The fourth-order valence-electron chi connectivity index (χ4n) is 2.73. The molecule has 10 heteroatoms. The van der Waals surface area contributed by atoms with Crippen LogP contribution in [0.25, 0.3) is 0 Å². The molecule has 0 saturated carbocycles. The predicted molar refractivity (Wildman–Crippen MR) is 107 cm³/mol. The standard InChI is InChI=1S/C18H17Cl2N3O5/c19-12-1-4-17(14(20)9-12)28-11-18(24)21-15-3-2-13(23(25)26)10-16(15)22-5-7-27-8-6-22/h1-4,9-10H,5-8,11H2,(H,21,24). The number of rotatable bonds is 6. The van der Waals surface area contributed by atoms with Crippen LogP contribution in [0.2, 0.25) is 10.0 Å². The van der Waals surface area contributed by atoms with Gasteiger partial charge in [-0.15, -0.1) is 0 Å². The van der Waals surface area contributed by atoms with Gasteiger partial charge >= 0.3 is 0 Å². The Labute approximate surface area is 171 Å². The Hall–Kier alpha value is -2.55. The maximum atomic E-state index is 12.3. The summed E-state index contributed by atoms with van der Waals surface area (Å²) in [7, 11) is 0. The van der Waals surface area contributed by atoms with Gasteiger partial charge in [0.15, 0.2) is 6.61 Å². The zero-order chi connectivity index (χ0) is 20.1. The van der Waals surface area contributed by atoms with E-state index < -0.39 is 10.8 Å². The summed E-state index contributed by atoms with van der Waals surface area (Å²) in [6, 6.07) is 8.99. The highest BCUT2D eigenvalue weighted by molar-refractivity contribution is 6.35. The lowest BCUT2D eigenvalue weighted by Crippen LogP contribution is -2.37. The molecule has 2 aromatic rings. The smallest absolute Gasteiger partial charge is 0.271 e. The normalized spacial score (nSPS) is 13.9. The summed E-state index contributed by atoms with van der Waals surface area (Å²) >= 11 is 11.9. The number of amides is 1. The van der Waals surface area contributed by atoms with Crippen LogP contribution >= 0.6 is 23.2 Å². The molecule has 0 aliphatic carbocycles. The van der Waals surface area contributed by atoms with Gasteiger partial charge in [0.05, 0.1) is 34.5 Å². The zero-order valence-corrected chi connectivity index (χ0v) is 16.2. The topological polar surface area (TPSA) is 93.9 Å². The van der Waals surface area contributed by atoms with Gasteiger partial charge in [-0.3, -0.25) is 14.9 Å². The number of non-ortho nitro benzene ring substituents is 1. The van der Waals surface area contributed by atoms with Gasteiger partial charge in [-0.2, -0.15) is 0 Å². The number of nitrogens with one attached hydrogen (secondary N) is 1. The van der Waals surface area contributed by atoms with Gasteiger partial charge in [-0.05, 0) is 24.3 Å². The van der Waals surface area contributed by atoms with Crippen LogP contribution in [-0.4, -0.2) is 43.7 Å². The number of morpholine rings is 1.